The van der Waals surface area contributed by atoms with E-state index in [0.29, 0.717) is 0 Å². The van der Waals surface area contributed by atoms with Crippen molar-refractivity contribution in [3.63, 3.8) is 0 Å². The lowest BCUT2D eigenvalue weighted by molar-refractivity contribution is 0.414. The fourth-order valence-corrected chi connectivity index (χ4v) is 3.14. The second-order valence-electron chi connectivity index (χ2n) is 6.13. The standard InChI is InChI=1S/C22H22O3/c1-22(16-4-10-19(23)11-5-16,17-6-12-20(24-2)13-7-17)18-8-14-21(25-3)15-9-18/h4-15,23H,1-3H3. The van der Waals surface area contributed by atoms with Gasteiger partial charge in [0, 0.05) is 5.41 Å². The van der Waals surface area contributed by atoms with Crippen molar-refractivity contribution in [3.8, 4) is 17.2 Å². The van der Waals surface area contributed by atoms with Crippen LogP contribution < -0.4 is 9.47 Å². The second kappa shape index (κ2) is 6.89. The largest absolute Gasteiger partial charge is 0.508 e. The van der Waals surface area contributed by atoms with Crippen LogP contribution in [0.3, 0.4) is 0 Å². The Morgan fingerprint density at radius 3 is 1.24 bits per heavy atom. The van der Waals surface area contributed by atoms with Gasteiger partial charge in [-0.05, 0) is 60.0 Å². The first-order valence-corrected chi connectivity index (χ1v) is 8.16. The summed E-state index contributed by atoms with van der Waals surface area (Å²) >= 11 is 0. The van der Waals surface area contributed by atoms with E-state index in [1.54, 1.807) is 26.4 Å². The van der Waals surface area contributed by atoms with Crippen LogP contribution in [-0.4, -0.2) is 19.3 Å². The first kappa shape index (κ1) is 16.9. The summed E-state index contributed by atoms with van der Waals surface area (Å²) in [6, 6.07) is 23.6. The number of ether oxygens (including phenoxy) is 2. The van der Waals surface area contributed by atoms with Crippen molar-refractivity contribution in [2.45, 2.75) is 12.3 Å². The Morgan fingerprint density at radius 2 is 0.920 bits per heavy atom. The number of benzene rings is 3. The first-order valence-electron chi connectivity index (χ1n) is 8.16. The molecule has 0 saturated heterocycles. The number of phenolic OH excluding ortho intramolecular Hbond substituents is 1. The SMILES string of the molecule is COc1ccc(C(C)(c2ccc(O)cc2)c2ccc(OC)cc2)cc1. The molecule has 0 aliphatic carbocycles. The van der Waals surface area contributed by atoms with Crippen LogP contribution in [0.2, 0.25) is 0 Å². The Labute approximate surface area is 148 Å². The lowest BCUT2D eigenvalue weighted by Gasteiger charge is -2.32. The summed E-state index contributed by atoms with van der Waals surface area (Å²) < 4.78 is 10.6. The van der Waals surface area contributed by atoms with Gasteiger partial charge in [0.05, 0.1) is 14.2 Å². The van der Waals surface area contributed by atoms with E-state index in [2.05, 4.69) is 31.2 Å². The normalized spacial score (nSPS) is 11.2. The van der Waals surface area contributed by atoms with Gasteiger partial charge < -0.3 is 14.6 Å². The van der Waals surface area contributed by atoms with Gasteiger partial charge >= 0.3 is 0 Å². The van der Waals surface area contributed by atoms with E-state index in [9.17, 15) is 5.11 Å². The Bertz CT molecular complexity index is 771. The van der Waals surface area contributed by atoms with Gasteiger partial charge in [-0.3, -0.25) is 0 Å². The zero-order valence-electron chi connectivity index (χ0n) is 14.7. The maximum Gasteiger partial charge on any atom is 0.118 e. The summed E-state index contributed by atoms with van der Waals surface area (Å²) in [5.74, 6) is 1.91. The van der Waals surface area contributed by atoms with Crippen LogP contribution in [0.1, 0.15) is 23.6 Å². The average molecular weight is 334 g/mol. The van der Waals surface area contributed by atoms with Crippen LogP contribution in [0.25, 0.3) is 0 Å². The molecule has 0 spiro atoms. The topological polar surface area (TPSA) is 38.7 Å². The number of aromatic hydroxyl groups is 1. The third kappa shape index (κ3) is 3.18. The zero-order chi connectivity index (χ0) is 17.9. The predicted octanol–water partition coefficient (Wildman–Crippen LogP) is 4.76. The van der Waals surface area contributed by atoms with E-state index >= 15 is 0 Å². The molecule has 3 nitrogen and oxygen atoms in total. The molecular formula is C22H22O3. The number of hydrogen-bond donors (Lipinski definition) is 1. The van der Waals surface area contributed by atoms with Crippen LogP contribution >= 0.6 is 0 Å². The molecule has 25 heavy (non-hydrogen) atoms. The molecule has 0 saturated carbocycles. The van der Waals surface area contributed by atoms with E-state index in [0.717, 1.165) is 28.2 Å². The van der Waals surface area contributed by atoms with Crippen molar-refractivity contribution >= 4 is 0 Å². The minimum atomic E-state index is -0.369. The zero-order valence-corrected chi connectivity index (χ0v) is 14.7. The van der Waals surface area contributed by atoms with Gasteiger partial charge in [-0.1, -0.05) is 36.4 Å². The van der Waals surface area contributed by atoms with Crippen LogP contribution in [0.5, 0.6) is 17.2 Å². The number of phenols is 1. The van der Waals surface area contributed by atoms with Gasteiger partial charge in [0.1, 0.15) is 17.2 Å². The highest BCUT2D eigenvalue weighted by Gasteiger charge is 2.31. The molecule has 0 radical (unpaired) electrons. The van der Waals surface area contributed by atoms with Gasteiger partial charge in [0.2, 0.25) is 0 Å². The average Bonchev–Trinajstić information content (AvgIpc) is 2.68. The quantitative estimate of drug-likeness (QED) is 0.684. The third-order valence-electron chi connectivity index (χ3n) is 4.78. The molecule has 0 aromatic heterocycles. The van der Waals surface area contributed by atoms with Gasteiger partial charge in [-0.15, -0.1) is 0 Å². The summed E-state index contributed by atoms with van der Waals surface area (Å²) in [5, 5.41) is 9.67. The highest BCUT2D eigenvalue weighted by molar-refractivity contribution is 5.52. The summed E-state index contributed by atoms with van der Waals surface area (Å²) in [4.78, 5) is 0. The Morgan fingerprint density at radius 1 is 0.600 bits per heavy atom. The minimum Gasteiger partial charge on any atom is -0.508 e. The van der Waals surface area contributed by atoms with E-state index < -0.39 is 0 Å². The van der Waals surface area contributed by atoms with E-state index in [-0.39, 0.29) is 11.2 Å². The Hall–Kier alpha value is -2.94. The molecule has 128 valence electrons. The first-order chi connectivity index (χ1) is 12.1. The van der Waals surface area contributed by atoms with Crippen molar-refractivity contribution in [1.29, 1.82) is 0 Å². The summed E-state index contributed by atoms with van der Waals surface area (Å²) in [5.41, 5.74) is 3.01. The number of methoxy groups -OCH3 is 2. The molecule has 0 bridgehead atoms. The van der Waals surface area contributed by atoms with Crippen LogP contribution in [0.15, 0.2) is 72.8 Å². The summed E-state index contributed by atoms with van der Waals surface area (Å²) in [6.45, 7) is 2.18. The molecule has 3 aromatic rings. The highest BCUT2D eigenvalue weighted by atomic mass is 16.5. The monoisotopic (exact) mass is 334 g/mol. The summed E-state index contributed by atoms with van der Waals surface area (Å²) in [7, 11) is 3.33. The van der Waals surface area contributed by atoms with Crippen molar-refractivity contribution in [1.82, 2.24) is 0 Å². The molecule has 0 atom stereocenters. The fraction of sp³-hybridized carbons (Fsp3) is 0.182. The van der Waals surface area contributed by atoms with Crippen molar-refractivity contribution in [3.05, 3.63) is 89.5 Å². The van der Waals surface area contributed by atoms with E-state index in [1.165, 1.54) is 0 Å². The maximum atomic E-state index is 9.67. The Balaban J connectivity index is 2.16. The lowest BCUT2D eigenvalue weighted by atomic mass is 9.71. The molecule has 3 aromatic carbocycles. The number of rotatable bonds is 5. The number of hydrogen-bond acceptors (Lipinski definition) is 3. The molecule has 0 aliphatic heterocycles. The lowest BCUT2D eigenvalue weighted by Crippen LogP contribution is -2.25. The van der Waals surface area contributed by atoms with Crippen LogP contribution in [-0.2, 0) is 5.41 Å². The highest BCUT2D eigenvalue weighted by Crippen LogP contribution is 2.40. The molecule has 3 rings (SSSR count). The van der Waals surface area contributed by atoms with Gasteiger partial charge in [-0.25, -0.2) is 0 Å². The Kier molecular flexibility index (Phi) is 4.66. The maximum absolute atomic E-state index is 9.67. The minimum absolute atomic E-state index is 0.260. The second-order valence-corrected chi connectivity index (χ2v) is 6.13. The molecule has 3 heteroatoms. The predicted molar refractivity (Wildman–Crippen MR) is 99.7 cm³/mol. The van der Waals surface area contributed by atoms with Crippen molar-refractivity contribution in [2.75, 3.05) is 14.2 Å². The smallest absolute Gasteiger partial charge is 0.118 e. The third-order valence-corrected chi connectivity index (χ3v) is 4.78. The van der Waals surface area contributed by atoms with E-state index in [1.807, 2.05) is 36.4 Å². The van der Waals surface area contributed by atoms with Crippen molar-refractivity contribution in [2.24, 2.45) is 0 Å². The van der Waals surface area contributed by atoms with Gasteiger partial charge in [-0.2, -0.15) is 0 Å². The van der Waals surface area contributed by atoms with Crippen LogP contribution in [0, 0.1) is 0 Å². The van der Waals surface area contributed by atoms with Crippen molar-refractivity contribution < 1.29 is 14.6 Å². The summed E-state index contributed by atoms with van der Waals surface area (Å²) in [6.07, 6.45) is 0. The van der Waals surface area contributed by atoms with Crippen LogP contribution in [0.4, 0.5) is 0 Å². The molecule has 0 aliphatic rings. The molecule has 0 heterocycles. The van der Waals surface area contributed by atoms with E-state index in [4.69, 9.17) is 9.47 Å². The van der Waals surface area contributed by atoms with Gasteiger partial charge in [0.25, 0.3) is 0 Å². The molecule has 0 amide bonds. The molecular weight excluding hydrogens is 312 g/mol. The molecule has 0 unspecified atom stereocenters. The molecule has 1 N–H and O–H groups in total. The fourth-order valence-electron chi connectivity index (χ4n) is 3.14. The molecule has 0 fully saturated rings. The van der Waals surface area contributed by atoms with Gasteiger partial charge in [0.15, 0.2) is 0 Å².